The first-order valence-corrected chi connectivity index (χ1v) is 12.5. The quantitative estimate of drug-likeness (QED) is 0.196. The van der Waals surface area contributed by atoms with Gasteiger partial charge in [0.1, 0.15) is 9.79 Å². The summed E-state index contributed by atoms with van der Waals surface area (Å²) in [5.74, 6) is 0. The van der Waals surface area contributed by atoms with Gasteiger partial charge in [-0.05, 0) is 54.6 Å². The van der Waals surface area contributed by atoms with E-state index in [2.05, 4.69) is 0 Å². The summed E-state index contributed by atoms with van der Waals surface area (Å²) in [5.41, 5.74) is 22.1. The number of nitrogen functional groups attached to an aromatic ring is 2. The number of primary amides is 2. The van der Waals surface area contributed by atoms with E-state index in [1.165, 1.54) is 36.4 Å². The van der Waals surface area contributed by atoms with Crippen molar-refractivity contribution in [2.24, 2.45) is 11.5 Å². The molecule has 0 aliphatic carbocycles. The second-order valence-electron chi connectivity index (χ2n) is 7.26. The number of carbonyl (C=O) groups excluding carboxylic acids is 2. The molecule has 3 aromatic rings. The third kappa shape index (κ3) is 5.31. The maximum atomic E-state index is 12.3. The summed E-state index contributed by atoms with van der Waals surface area (Å²) in [5, 5.41) is 0. The van der Waals surface area contributed by atoms with Crippen LogP contribution >= 0.6 is 0 Å². The zero-order valence-corrected chi connectivity index (χ0v) is 19.8. The topological polar surface area (TPSA) is 253 Å². The number of nitrogens with two attached hydrogens (primary N) is 4. The number of nitrogens with zero attached hydrogens (tertiary/aromatic N) is 2. The van der Waals surface area contributed by atoms with Crippen molar-refractivity contribution in [3.63, 3.8) is 0 Å². The van der Waals surface area contributed by atoms with Crippen molar-refractivity contribution in [1.82, 2.24) is 0 Å². The molecule has 0 fully saturated rings. The van der Waals surface area contributed by atoms with E-state index >= 15 is 0 Å². The van der Waals surface area contributed by atoms with E-state index in [-0.39, 0.29) is 34.1 Å². The van der Waals surface area contributed by atoms with Gasteiger partial charge in [-0.2, -0.15) is 16.8 Å². The molecule has 0 aliphatic heterocycles. The Morgan fingerprint density at radius 3 is 1.22 bits per heavy atom. The van der Waals surface area contributed by atoms with Crippen LogP contribution in [0.25, 0.3) is 0 Å². The molecule has 36 heavy (non-hydrogen) atoms. The SMILES string of the molecule is NC(=O)N(c1cccc(N(C(N)=O)c2ccc(S(=O)(=O)O)c(N)c2)c1)c1ccc(S(=O)(=O)O)c(N)c1. The number of carbonyl (C=O) groups is 2. The highest BCUT2D eigenvalue weighted by molar-refractivity contribution is 7.86. The maximum Gasteiger partial charge on any atom is 0.323 e. The van der Waals surface area contributed by atoms with Crippen LogP contribution in [0.2, 0.25) is 0 Å². The summed E-state index contributed by atoms with van der Waals surface area (Å²) in [6.07, 6.45) is 0. The highest BCUT2D eigenvalue weighted by Gasteiger charge is 2.23. The molecule has 0 aliphatic rings. The Labute approximate surface area is 205 Å². The van der Waals surface area contributed by atoms with Crippen molar-refractivity contribution in [3.8, 4) is 0 Å². The molecule has 10 N–H and O–H groups in total. The van der Waals surface area contributed by atoms with Crippen LogP contribution in [-0.2, 0) is 20.2 Å². The molecule has 16 heteroatoms. The predicted molar refractivity (Wildman–Crippen MR) is 131 cm³/mol. The highest BCUT2D eigenvalue weighted by atomic mass is 32.2. The molecule has 3 rings (SSSR count). The van der Waals surface area contributed by atoms with Gasteiger partial charge in [-0.15, -0.1) is 0 Å². The monoisotopic (exact) mass is 536 g/mol. The van der Waals surface area contributed by atoms with Crippen molar-refractivity contribution in [2.45, 2.75) is 9.79 Å². The fourth-order valence-corrected chi connectivity index (χ4v) is 4.59. The van der Waals surface area contributed by atoms with Gasteiger partial charge in [0.05, 0.1) is 34.1 Å². The Bertz CT molecular complexity index is 1480. The molecule has 14 nitrogen and oxygen atoms in total. The lowest BCUT2D eigenvalue weighted by atomic mass is 10.2. The van der Waals surface area contributed by atoms with E-state index in [1.807, 2.05) is 0 Å². The Kier molecular flexibility index (Phi) is 6.81. The molecular weight excluding hydrogens is 516 g/mol. The number of hydrogen-bond acceptors (Lipinski definition) is 8. The zero-order valence-electron chi connectivity index (χ0n) is 18.1. The maximum absolute atomic E-state index is 12.3. The van der Waals surface area contributed by atoms with Crippen molar-refractivity contribution >= 4 is 66.4 Å². The molecule has 0 bridgehead atoms. The van der Waals surface area contributed by atoms with E-state index in [4.69, 9.17) is 22.9 Å². The highest BCUT2D eigenvalue weighted by Crippen LogP contribution is 2.35. The third-order valence-electron chi connectivity index (χ3n) is 4.85. The summed E-state index contributed by atoms with van der Waals surface area (Å²) in [6, 6.07) is 10.2. The second-order valence-corrected chi connectivity index (χ2v) is 10.0. The molecule has 4 amide bonds. The van der Waals surface area contributed by atoms with Crippen molar-refractivity contribution < 1.29 is 35.5 Å². The van der Waals surface area contributed by atoms with E-state index in [0.29, 0.717) is 0 Å². The van der Waals surface area contributed by atoms with E-state index < -0.39 is 42.1 Å². The van der Waals surface area contributed by atoms with Crippen LogP contribution in [0.1, 0.15) is 0 Å². The molecular formula is C20H20N6O8S2. The molecule has 3 aromatic carbocycles. The first kappa shape index (κ1) is 26.2. The molecule has 190 valence electrons. The Balaban J connectivity index is 2.11. The fraction of sp³-hybridized carbons (Fsp3) is 0. The smallest absolute Gasteiger partial charge is 0.323 e. The van der Waals surface area contributed by atoms with E-state index in [1.54, 1.807) is 0 Å². The number of hydrogen-bond donors (Lipinski definition) is 6. The lowest BCUT2D eigenvalue weighted by Gasteiger charge is -2.25. The molecule has 0 saturated heterocycles. The Morgan fingerprint density at radius 2 is 0.944 bits per heavy atom. The standard InChI is InChI=1S/C20H20N6O8S2/c21-15-9-13(4-6-17(15)35(29,30)31)25(19(23)27)11-2-1-3-12(8-11)26(20(24)28)14-5-7-18(16(22)10-14)36(32,33)34/h1-10H,21-22H2,(H2,23,27)(H2,24,28)(H,29,30,31)(H,32,33,34). The summed E-state index contributed by atoms with van der Waals surface area (Å²) in [4.78, 5) is 25.3. The Morgan fingerprint density at radius 1 is 0.611 bits per heavy atom. The number of amides is 4. The van der Waals surface area contributed by atoms with Crippen molar-refractivity contribution in [2.75, 3.05) is 21.3 Å². The molecule has 0 saturated carbocycles. The normalized spacial score (nSPS) is 11.6. The van der Waals surface area contributed by atoms with Crippen LogP contribution in [0.15, 0.2) is 70.5 Å². The number of benzene rings is 3. The minimum absolute atomic E-state index is 0.0388. The zero-order chi connectivity index (χ0) is 27.0. The van der Waals surface area contributed by atoms with Crippen molar-refractivity contribution in [3.05, 3.63) is 60.7 Å². The van der Waals surface area contributed by atoms with Crippen LogP contribution in [-0.4, -0.2) is 38.0 Å². The molecule has 0 heterocycles. The number of rotatable bonds is 6. The minimum Gasteiger partial charge on any atom is -0.398 e. The lowest BCUT2D eigenvalue weighted by Crippen LogP contribution is -2.33. The average molecular weight is 537 g/mol. The molecule has 0 aromatic heterocycles. The average Bonchev–Trinajstić information content (AvgIpc) is 2.72. The lowest BCUT2D eigenvalue weighted by molar-refractivity contribution is 0.255. The van der Waals surface area contributed by atoms with Gasteiger partial charge in [0.25, 0.3) is 20.2 Å². The predicted octanol–water partition coefficient (Wildman–Crippen LogP) is 1.78. The number of anilines is 6. The van der Waals surface area contributed by atoms with Gasteiger partial charge < -0.3 is 22.9 Å². The van der Waals surface area contributed by atoms with Crippen LogP contribution < -0.4 is 32.7 Å². The van der Waals surface area contributed by atoms with Crippen LogP contribution in [0.5, 0.6) is 0 Å². The molecule has 0 spiro atoms. The Hall–Kier alpha value is -4.38. The summed E-state index contributed by atoms with van der Waals surface area (Å²) in [7, 11) is -9.23. The van der Waals surface area contributed by atoms with Crippen LogP contribution in [0.4, 0.5) is 43.7 Å². The van der Waals surface area contributed by atoms with Crippen LogP contribution in [0.3, 0.4) is 0 Å². The van der Waals surface area contributed by atoms with Crippen molar-refractivity contribution in [1.29, 1.82) is 0 Å². The number of urea groups is 2. The van der Waals surface area contributed by atoms with Gasteiger partial charge >= 0.3 is 12.1 Å². The summed E-state index contributed by atoms with van der Waals surface area (Å²) < 4.78 is 64.2. The van der Waals surface area contributed by atoms with Gasteiger partial charge in [0.2, 0.25) is 0 Å². The van der Waals surface area contributed by atoms with Gasteiger partial charge in [0.15, 0.2) is 0 Å². The van der Waals surface area contributed by atoms with Gasteiger partial charge in [0, 0.05) is 0 Å². The largest absolute Gasteiger partial charge is 0.398 e. The van der Waals surface area contributed by atoms with Gasteiger partial charge in [-0.1, -0.05) is 6.07 Å². The molecule has 0 unspecified atom stereocenters. The van der Waals surface area contributed by atoms with Gasteiger partial charge in [-0.3, -0.25) is 18.9 Å². The summed E-state index contributed by atoms with van der Waals surface area (Å²) >= 11 is 0. The minimum atomic E-state index is -4.62. The van der Waals surface area contributed by atoms with E-state index in [9.17, 15) is 35.5 Å². The molecule has 0 atom stereocenters. The second kappa shape index (κ2) is 9.34. The first-order chi connectivity index (χ1) is 16.6. The first-order valence-electron chi connectivity index (χ1n) is 9.64. The van der Waals surface area contributed by atoms with E-state index in [0.717, 1.165) is 34.1 Å². The van der Waals surface area contributed by atoms with Gasteiger partial charge in [-0.25, -0.2) is 9.59 Å². The third-order valence-corrected chi connectivity index (χ3v) is 6.70. The summed E-state index contributed by atoms with van der Waals surface area (Å²) in [6.45, 7) is 0. The van der Waals surface area contributed by atoms with Crippen LogP contribution in [0, 0.1) is 0 Å². The molecule has 0 radical (unpaired) electrons. The fourth-order valence-electron chi connectivity index (χ4n) is 3.40.